The third kappa shape index (κ3) is 6.37. The Morgan fingerprint density at radius 2 is 1.60 bits per heavy atom. The summed E-state index contributed by atoms with van der Waals surface area (Å²) in [7, 11) is 0. The Kier molecular flexibility index (Phi) is 9.21. The molecule has 0 heterocycles. The van der Waals surface area contributed by atoms with Crippen molar-refractivity contribution < 1.29 is 14.7 Å². The van der Waals surface area contributed by atoms with Gasteiger partial charge in [0.25, 0.3) is 0 Å². The Bertz CT molecular complexity index is 299. The number of amides is 1. The number of carbonyl (C=O) groups is 2. The first-order valence-electron chi connectivity index (χ1n) is 7.67. The van der Waals surface area contributed by atoms with Gasteiger partial charge in [0.1, 0.15) is 5.54 Å². The molecule has 0 aromatic carbocycles. The third-order valence-corrected chi connectivity index (χ3v) is 3.72. The van der Waals surface area contributed by atoms with Gasteiger partial charge in [-0.25, -0.2) is 0 Å². The van der Waals surface area contributed by atoms with Crippen LogP contribution in [0.3, 0.4) is 0 Å². The molecular weight excluding hydrogens is 256 g/mol. The maximum atomic E-state index is 12.2. The molecular formula is C15H30N2O3. The van der Waals surface area contributed by atoms with Crippen LogP contribution in [0, 0.1) is 0 Å². The molecule has 0 rings (SSSR count). The smallest absolute Gasteiger partial charge is 0.323 e. The molecule has 2 N–H and O–H groups in total. The maximum absolute atomic E-state index is 12.2. The van der Waals surface area contributed by atoms with E-state index >= 15 is 0 Å². The van der Waals surface area contributed by atoms with E-state index in [1.165, 1.54) is 0 Å². The Morgan fingerprint density at radius 1 is 1.10 bits per heavy atom. The molecule has 0 bridgehead atoms. The molecule has 0 aliphatic carbocycles. The lowest BCUT2D eigenvalue weighted by Gasteiger charge is -2.27. The summed E-state index contributed by atoms with van der Waals surface area (Å²) in [6.07, 6.45) is 4.51. The number of nitrogens with one attached hydrogen (secondary N) is 1. The number of carboxylic acid groups (broad SMARTS) is 1. The van der Waals surface area contributed by atoms with Gasteiger partial charge in [-0.2, -0.15) is 0 Å². The highest BCUT2D eigenvalue weighted by Crippen LogP contribution is 2.09. The zero-order valence-electron chi connectivity index (χ0n) is 13.4. The van der Waals surface area contributed by atoms with Crippen molar-refractivity contribution in [2.45, 2.75) is 65.3 Å². The Hall–Kier alpha value is -1.10. The molecule has 0 aromatic rings. The summed E-state index contributed by atoms with van der Waals surface area (Å²) in [6, 6.07) is 0. The predicted octanol–water partition coefficient (Wildman–Crippen LogP) is 2.26. The van der Waals surface area contributed by atoms with Gasteiger partial charge in [-0.05, 0) is 26.2 Å². The van der Waals surface area contributed by atoms with Gasteiger partial charge < -0.3 is 10.0 Å². The quantitative estimate of drug-likeness (QED) is 0.611. The van der Waals surface area contributed by atoms with Gasteiger partial charge in [0.15, 0.2) is 0 Å². The van der Waals surface area contributed by atoms with E-state index in [4.69, 9.17) is 0 Å². The number of carboxylic acids is 1. The molecule has 5 nitrogen and oxygen atoms in total. The van der Waals surface area contributed by atoms with Crippen molar-refractivity contribution in [3.63, 3.8) is 0 Å². The standard InChI is InChI=1S/C15H30N2O3/c1-5-8-10-17(11-9-6-2)13(18)12-16-15(4,7-3)14(19)20/h16H,5-12H2,1-4H3,(H,19,20). The Morgan fingerprint density at radius 3 is 1.95 bits per heavy atom. The molecule has 0 aliphatic heterocycles. The van der Waals surface area contributed by atoms with E-state index < -0.39 is 11.5 Å². The minimum absolute atomic E-state index is 0.00664. The third-order valence-electron chi connectivity index (χ3n) is 3.72. The number of carbonyl (C=O) groups excluding carboxylic acids is 1. The van der Waals surface area contributed by atoms with Crippen molar-refractivity contribution in [2.24, 2.45) is 0 Å². The molecule has 0 aliphatic rings. The van der Waals surface area contributed by atoms with Crippen LogP contribution >= 0.6 is 0 Å². The molecule has 0 saturated carbocycles. The van der Waals surface area contributed by atoms with Crippen molar-refractivity contribution >= 4 is 11.9 Å². The highest BCUT2D eigenvalue weighted by molar-refractivity contribution is 5.81. The lowest BCUT2D eigenvalue weighted by atomic mass is 9.99. The summed E-state index contributed by atoms with van der Waals surface area (Å²) >= 11 is 0. The summed E-state index contributed by atoms with van der Waals surface area (Å²) in [5, 5.41) is 12.1. The number of rotatable bonds is 11. The molecule has 0 fully saturated rings. The van der Waals surface area contributed by atoms with Crippen LogP contribution in [0.25, 0.3) is 0 Å². The molecule has 118 valence electrons. The lowest BCUT2D eigenvalue weighted by molar-refractivity contribution is -0.144. The van der Waals surface area contributed by atoms with Gasteiger partial charge in [0, 0.05) is 13.1 Å². The van der Waals surface area contributed by atoms with Gasteiger partial charge in [0.05, 0.1) is 6.54 Å². The summed E-state index contributed by atoms with van der Waals surface area (Å²) in [4.78, 5) is 25.2. The van der Waals surface area contributed by atoms with Crippen molar-refractivity contribution in [1.29, 1.82) is 0 Å². The summed E-state index contributed by atoms with van der Waals surface area (Å²) in [6.45, 7) is 9.21. The fourth-order valence-corrected chi connectivity index (χ4v) is 1.79. The Balaban J connectivity index is 4.46. The fraction of sp³-hybridized carbons (Fsp3) is 0.867. The first-order valence-corrected chi connectivity index (χ1v) is 7.67. The van der Waals surface area contributed by atoms with Gasteiger partial charge >= 0.3 is 5.97 Å². The number of aliphatic carboxylic acids is 1. The molecule has 0 saturated heterocycles. The van der Waals surface area contributed by atoms with E-state index in [0.717, 1.165) is 38.8 Å². The molecule has 0 radical (unpaired) electrons. The topological polar surface area (TPSA) is 69.6 Å². The monoisotopic (exact) mass is 286 g/mol. The SMILES string of the molecule is CCCCN(CCCC)C(=O)CNC(C)(CC)C(=O)O. The van der Waals surface area contributed by atoms with Crippen molar-refractivity contribution in [1.82, 2.24) is 10.2 Å². The first-order chi connectivity index (χ1) is 9.41. The van der Waals surface area contributed by atoms with Crippen LogP contribution in [0.5, 0.6) is 0 Å². The van der Waals surface area contributed by atoms with E-state index in [1.54, 1.807) is 13.8 Å². The number of unbranched alkanes of at least 4 members (excludes halogenated alkanes) is 2. The van der Waals surface area contributed by atoms with E-state index in [2.05, 4.69) is 19.2 Å². The summed E-state index contributed by atoms with van der Waals surface area (Å²) in [5.41, 5.74) is -1.03. The van der Waals surface area contributed by atoms with Crippen LogP contribution < -0.4 is 5.32 Å². The summed E-state index contributed by atoms with van der Waals surface area (Å²) < 4.78 is 0. The predicted molar refractivity (Wildman–Crippen MR) is 80.7 cm³/mol. The van der Waals surface area contributed by atoms with E-state index in [9.17, 15) is 14.7 Å². The van der Waals surface area contributed by atoms with E-state index in [0.29, 0.717) is 6.42 Å². The number of hydrogen-bond donors (Lipinski definition) is 2. The van der Waals surface area contributed by atoms with Crippen molar-refractivity contribution in [3.05, 3.63) is 0 Å². The van der Waals surface area contributed by atoms with Crippen molar-refractivity contribution in [2.75, 3.05) is 19.6 Å². The van der Waals surface area contributed by atoms with Crippen LogP contribution in [0.4, 0.5) is 0 Å². The van der Waals surface area contributed by atoms with E-state index in [1.807, 2.05) is 4.90 Å². The first kappa shape index (κ1) is 18.9. The van der Waals surface area contributed by atoms with Gasteiger partial charge in [0.2, 0.25) is 5.91 Å². The minimum atomic E-state index is -1.03. The van der Waals surface area contributed by atoms with Gasteiger partial charge in [-0.1, -0.05) is 33.6 Å². The highest BCUT2D eigenvalue weighted by atomic mass is 16.4. The molecule has 1 atom stereocenters. The van der Waals surface area contributed by atoms with Crippen LogP contribution in [0.15, 0.2) is 0 Å². The van der Waals surface area contributed by atoms with Gasteiger partial charge in [-0.15, -0.1) is 0 Å². The highest BCUT2D eigenvalue weighted by Gasteiger charge is 2.31. The average Bonchev–Trinajstić information content (AvgIpc) is 2.44. The normalized spacial score (nSPS) is 13.8. The second-order valence-corrected chi connectivity index (χ2v) is 5.43. The molecule has 20 heavy (non-hydrogen) atoms. The zero-order valence-corrected chi connectivity index (χ0v) is 13.4. The zero-order chi connectivity index (χ0) is 15.6. The number of nitrogens with zero attached hydrogens (tertiary/aromatic N) is 1. The second kappa shape index (κ2) is 9.75. The second-order valence-electron chi connectivity index (χ2n) is 5.43. The average molecular weight is 286 g/mol. The largest absolute Gasteiger partial charge is 0.480 e. The molecule has 1 unspecified atom stereocenters. The molecule has 0 aromatic heterocycles. The van der Waals surface area contributed by atoms with Crippen LogP contribution in [0.2, 0.25) is 0 Å². The maximum Gasteiger partial charge on any atom is 0.323 e. The number of hydrogen-bond acceptors (Lipinski definition) is 3. The molecule has 1 amide bonds. The Labute approximate surface area is 122 Å². The molecule has 0 spiro atoms. The lowest BCUT2D eigenvalue weighted by Crippen LogP contribution is -2.53. The van der Waals surface area contributed by atoms with Crippen LogP contribution in [-0.2, 0) is 9.59 Å². The molecule has 5 heteroatoms. The summed E-state index contributed by atoms with van der Waals surface area (Å²) in [5.74, 6) is -0.922. The van der Waals surface area contributed by atoms with Crippen molar-refractivity contribution in [3.8, 4) is 0 Å². The van der Waals surface area contributed by atoms with Gasteiger partial charge in [-0.3, -0.25) is 14.9 Å². The minimum Gasteiger partial charge on any atom is -0.480 e. The van der Waals surface area contributed by atoms with Crippen LogP contribution in [0.1, 0.15) is 59.8 Å². The fourth-order valence-electron chi connectivity index (χ4n) is 1.79. The van der Waals surface area contributed by atoms with E-state index in [-0.39, 0.29) is 12.5 Å². The van der Waals surface area contributed by atoms with Crippen LogP contribution in [-0.4, -0.2) is 47.1 Å².